The molecule has 140 valence electrons. The topological polar surface area (TPSA) is 53.7 Å². The number of carbonyl (C=O) groups excluding carboxylic acids is 1. The average Bonchev–Trinajstić information content (AvgIpc) is 3.11. The van der Waals surface area contributed by atoms with Gasteiger partial charge in [-0.25, -0.2) is 0 Å². The summed E-state index contributed by atoms with van der Waals surface area (Å²) in [6.07, 6.45) is -2.53. The summed E-state index contributed by atoms with van der Waals surface area (Å²) in [7, 11) is 0. The lowest BCUT2D eigenvalue weighted by Gasteiger charge is -2.34. The first-order chi connectivity index (χ1) is 12.9. The van der Waals surface area contributed by atoms with E-state index in [0.29, 0.717) is 32.1 Å². The van der Waals surface area contributed by atoms with Crippen LogP contribution in [0.2, 0.25) is 0 Å². The second-order valence-corrected chi connectivity index (χ2v) is 6.28. The third kappa shape index (κ3) is 3.32. The van der Waals surface area contributed by atoms with Gasteiger partial charge in [0.15, 0.2) is 5.65 Å². The van der Waals surface area contributed by atoms with Gasteiger partial charge in [-0.15, -0.1) is 10.2 Å². The first kappa shape index (κ1) is 17.3. The molecule has 1 fully saturated rings. The Hall–Kier alpha value is -3.10. The molecule has 0 radical (unpaired) electrons. The zero-order chi connectivity index (χ0) is 19.0. The number of benzene rings is 1. The molecule has 2 aromatic heterocycles. The van der Waals surface area contributed by atoms with Crippen molar-refractivity contribution < 1.29 is 18.0 Å². The van der Waals surface area contributed by atoms with E-state index in [4.69, 9.17) is 0 Å². The maximum Gasteiger partial charge on any atom is 0.416 e. The molecule has 9 heteroatoms. The molecule has 0 atom stereocenters. The Morgan fingerprint density at radius 3 is 2.30 bits per heavy atom. The van der Waals surface area contributed by atoms with Crippen LogP contribution in [0.1, 0.15) is 15.9 Å². The van der Waals surface area contributed by atoms with Crippen molar-refractivity contribution in [3.63, 3.8) is 0 Å². The van der Waals surface area contributed by atoms with Crippen molar-refractivity contribution in [2.45, 2.75) is 6.18 Å². The number of hydrogen-bond donors (Lipinski definition) is 0. The van der Waals surface area contributed by atoms with Crippen LogP contribution in [0.5, 0.6) is 0 Å². The van der Waals surface area contributed by atoms with Gasteiger partial charge in [0.25, 0.3) is 5.91 Å². The Bertz CT molecular complexity index is 959. The summed E-state index contributed by atoms with van der Waals surface area (Å²) in [4.78, 5) is 16.2. The van der Waals surface area contributed by atoms with E-state index in [1.165, 1.54) is 12.1 Å². The van der Waals surface area contributed by atoms with Crippen molar-refractivity contribution in [3.8, 4) is 0 Å². The van der Waals surface area contributed by atoms with E-state index in [9.17, 15) is 18.0 Å². The van der Waals surface area contributed by atoms with Gasteiger partial charge in [-0.05, 0) is 36.4 Å². The molecule has 4 rings (SSSR count). The van der Waals surface area contributed by atoms with Gasteiger partial charge in [0, 0.05) is 37.9 Å². The fraction of sp³-hybridized carbons (Fsp3) is 0.278. The van der Waals surface area contributed by atoms with Crippen molar-refractivity contribution in [2.24, 2.45) is 0 Å². The average molecular weight is 375 g/mol. The van der Waals surface area contributed by atoms with Gasteiger partial charge in [-0.1, -0.05) is 6.07 Å². The number of carbonyl (C=O) groups is 1. The minimum atomic E-state index is -4.41. The number of nitrogens with zero attached hydrogens (tertiary/aromatic N) is 5. The zero-order valence-electron chi connectivity index (χ0n) is 14.2. The van der Waals surface area contributed by atoms with Gasteiger partial charge in [-0.3, -0.25) is 9.20 Å². The Kier molecular flexibility index (Phi) is 4.21. The highest BCUT2D eigenvalue weighted by Gasteiger charge is 2.31. The summed E-state index contributed by atoms with van der Waals surface area (Å²) in [5.41, 5.74) is 0.239. The number of amides is 1. The quantitative estimate of drug-likeness (QED) is 0.691. The van der Waals surface area contributed by atoms with E-state index in [2.05, 4.69) is 10.2 Å². The molecule has 0 N–H and O–H groups in total. The maximum absolute atomic E-state index is 12.7. The number of halogens is 3. The number of pyridine rings is 1. The Balaban J connectivity index is 1.43. The number of rotatable bonds is 2. The van der Waals surface area contributed by atoms with Crippen LogP contribution in [-0.2, 0) is 6.18 Å². The van der Waals surface area contributed by atoms with Gasteiger partial charge in [0.05, 0.1) is 5.56 Å². The first-order valence-corrected chi connectivity index (χ1v) is 8.45. The van der Waals surface area contributed by atoms with Crippen LogP contribution < -0.4 is 4.90 Å². The smallest absolute Gasteiger partial charge is 0.337 e. The molecule has 0 spiro atoms. The molecule has 1 aliphatic rings. The summed E-state index contributed by atoms with van der Waals surface area (Å²) < 4.78 is 39.8. The van der Waals surface area contributed by atoms with Crippen LogP contribution in [-0.4, -0.2) is 51.6 Å². The van der Waals surface area contributed by atoms with Gasteiger partial charge in [-0.2, -0.15) is 13.2 Å². The number of alkyl halides is 3. The standard InChI is InChI=1S/C18H16F3N5O/c19-18(20,21)14-6-4-13(5-7-14)16(27)24-9-11-25(12-10-24)17-23-22-15-3-1-2-8-26(15)17/h1-8H,9-12H2. The Labute approximate surface area is 152 Å². The number of piperazine rings is 1. The molecule has 6 nitrogen and oxygen atoms in total. The lowest BCUT2D eigenvalue weighted by atomic mass is 10.1. The minimum absolute atomic E-state index is 0.254. The van der Waals surface area contributed by atoms with Crippen LogP contribution in [0.4, 0.5) is 19.1 Å². The van der Waals surface area contributed by atoms with Crippen molar-refractivity contribution in [2.75, 3.05) is 31.1 Å². The minimum Gasteiger partial charge on any atom is -0.337 e. The van der Waals surface area contributed by atoms with Gasteiger partial charge in [0.2, 0.25) is 5.95 Å². The largest absolute Gasteiger partial charge is 0.416 e. The normalized spacial score (nSPS) is 15.4. The molecule has 0 aliphatic carbocycles. The maximum atomic E-state index is 12.7. The monoisotopic (exact) mass is 375 g/mol. The number of fused-ring (bicyclic) bond motifs is 1. The molecule has 1 aliphatic heterocycles. The summed E-state index contributed by atoms with van der Waals surface area (Å²) in [5.74, 6) is 0.446. The van der Waals surface area contributed by atoms with Crippen molar-refractivity contribution in [1.82, 2.24) is 19.5 Å². The summed E-state index contributed by atoms with van der Waals surface area (Å²) in [6, 6.07) is 9.96. The lowest BCUT2D eigenvalue weighted by Crippen LogP contribution is -2.49. The van der Waals surface area contributed by atoms with Crippen LogP contribution in [0.25, 0.3) is 5.65 Å². The molecular weight excluding hydrogens is 359 g/mol. The molecule has 3 aromatic rings. The molecule has 0 bridgehead atoms. The van der Waals surface area contributed by atoms with Crippen molar-refractivity contribution in [3.05, 3.63) is 59.8 Å². The first-order valence-electron chi connectivity index (χ1n) is 8.45. The van der Waals surface area contributed by atoms with Crippen LogP contribution in [0.15, 0.2) is 48.7 Å². The summed E-state index contributed by atoms with van der Waals surface area (Å²) in [6.45, 7) is 2.06. The third-order valence-electron chi connectivity index (χ3n) is 4.60. The number of hydrogen-bond acceptors (Lipinski definition) is 4. The van der Waals surface area contributed by atoms with E-state index in [0.717, 1.165) is 17.8 Å². The predicted molar refractivity (Wildman–Crippen MR) is 92.5 cm³/mol. The predicted octanol–water partition coefficient (Wildman–Crippen LogP) is 2.71. The Morgan fingerprint density at radius 1 is 0.926 bits per heavy atom. The van der Waals surface area contributed by atoms with E-state index in [1.54, 1.807) is 4.90 Å². The van der Waals surface area contributed by atoms with E-state index in [-0.39, 0.29) is 11.5 Å². The number of aromatic nitrogens is 3. The highest BCUT2D eigenvalue weighted by molar-refractivity contribution is 5.94. The molecule has 27 heavy (non-hydrogen) atoms. The number of anilines is 1. The van der Waals surface area contributed by atoms with E-state index < -0.39 is 11.7 Å². The SMILES string of the molecule is O=C(c1ccc(C(F)(F)F)cc1)N1CCN(c2nnc3ccccn23)CC1. The van der Waals surface area contributed by atoms with E-state index >= 15 is 0 Å². The lowest BCUT2D eigenvalue weighted by molar-refractivity contribution is -0.137. The zero-order valence-corrected chi connectivity index (χ0v) is 14.2. The molecule has 3 heterocycles. The second kappa shape index (κ2) is 6.57. The highest BCUT2D eigenvalue weighted by atomic mass is 19.4. The molecule has 1 saturated heterocycles. The van der Waals surface area contributed by atoms with E-state index in [1.807, 2.05) is 33.7 Å². The second-order valence-electron chi connectivity index (χ2n) is 6.28. The summed E-state index contributed by atoms with van der Waals surface area (Å²) in [5, 5.41) is 8.33. The molecule has 0 saturated carbocycles. The molecule has 0 unspecified atom stereocenters. The van der Waals surface area contributed by atoms with Gasteiger partial charge < -0.3 is 9.80 Å². The highest BCUT2D eigenvalue weighted by Crippen LogP contribution is 2.29. The van der Waals surface area contributed by atoms with Crippen molar-refractivity contribution in [1.29, 1.82) is 0 Å². The van der Waals surface area contributed by atoms with Gasteiger partial charge >= 0.3 is 6.18 Å². The Morgan fingerprint density at radius 2 is 1.63 bits per heavy atom. The van der Waals surface area contributed by atoms with Crippen LogP contribution in [0, 0.1) is 0 Å². The fourth-order valence-corrected chi connectivity index (χ4v) is 3.14. The molecule has 1 amide bonds. The fourth-order valence-electron chi connectivity index (χ4n) is 3.14. The molecular formula is C18H16F3N5O. The third-order valence-corrected chi connectivity index (χ3v) is 4.60. The molecule has 1 aromatic carbocycles. The van der Waals surface area contributed by atoms with Crippen LogP contribution in [0.3, 0.4) is 0 Å². The summed E-state index contributed by atoms with van der Waals surface area (Å²) >= 11 is 0. The van der Waals surface area contributed by atoms with Crippen LogP contribution >= 0.6 is 0 Å². The van der Waals surface area contributed by atoms with Gasteiger partial charge in [0.1, 0.15) is 0 Å². The van der Waals surface area contributed by atoms with Crippen molar-refractivity contribution >= 4 is 17.5 Å².